The van der Waals surface area contributed by atoms with Gasteiger partial charge >= 0.3 is 0 Å². The summed E-state index contributed by atoms with van der Waals surface area (Å²) in [7, 11) is 3.27. The second-order valence-electron chi connectivity index (χ2n) is 4.68. The number of benzene rings is 2. The van der Waals surface area contributed by atoms with Crippen molar-refractivity contribution < 1.29 is 9.47 Å². The number of ether oxygens (including phenoxy) is 2. The minimum absolute atomic E-state index is 0.152. The predicted octanol–water partition coefficient (Wildman–Crippen LogP) is 4.53. The first-order valence-electron chi connectivity index (χ1n) is 6.56. The van der Waals surface area contributed by atoms with Gasteiger partial charge in [0.2, 0.25) is 0 Å². The van der Waals surface area contributed by atoms with E-state index in [0.717, 1.165) is 12.0 Å². The Kier molecular flexibility index (Phi) is 4.91. The molecule has 0 aliphatic heterocycles. The highest BCUT2D eigenvalue weighted by atomic mass is 35.5. The van der Waals surface area contributed by atoms with Gasteiger partial charge in [0.25, 0.3) is 0 Å². The molecule has 0 N–H and O–H groups in total. The first kappa shape index (κ1) is 14.7. The smallest absolute Gasteiger partial charge is 0.165 e. The molecule has 0 spiro atoms. The minimum Gasteiger partial charge on any atom is -0.493 e. The molecular weight excluding hydrogens is 272 g/mol. The van der Waals surface area contributed by atoms with Crippen molar-refractivity contribution in [2.24, 2.45) is 0 Å². The molecule has 0 saturated carbocycles. The third kappa shape index (κ3) is 3.07. The number of para-hydroxylation sites is 1. The molecular formula is C17H19ClO2. The van der Waals surface area contributed by atoms with E-state index in [1.807, 2.05) is 30.3 Å². The van der Waals surface area contributed by atoms with Gasteiger partial charge in [-0.05, 0) is 30.5 Å². The first-order valence-corrected chi connectivity index (χ1v) is 7.00. The molecule has 3 heteroatoms. The average Bonchev–Trinajstić information content (AvgIpc) is 2.48. The van der Waals surface area contributed by atoms with E-state index < -0.39 is 0 Å². The van der Waals surface area contributed by atoms with Gasteiger partial charge in [-0.3, -0.25) is 0 Å². The van der Waals surface area contributed by atoms with Gasteiger partial charge in [0.15, 0.2) is 11.5 Å². The Morgan fingerprint density at radius 2 is 1.75 bits per heavy atom. The fourth-order valence-electron chi connectivity index (χ4n) is 2.30. The molecule has 0 radical (unpaired) electrons. The highest BCUT2D eigenvalue weighted by Crippen LogP contribution is 2.38. The lowest BCUT2D eigenvalue weighted by atomic mass is 9.99. The van der Waals surface area contributed by atoms with Crippen molar-refractivity contribution in [1.82, 2.24) is 0 Å². The van der Waals surface area contributed by atoms with Crippen molar-refractivity contribution in [1.29, 1.82) is 0 Å². The van der Waals surface area contributed by atoms with Gasteiger partial charge in [-0.1, -0.05) is 36.4 Å². The Bertz CT molecular complexity index is 581. The standard InChI is InChI=1S/C17H19ClO2/c1-12-7-4-5-8-13(12)11-15(18)14-9-6-10-16(19-2)17(14)20-3/h4-10,15H,11H2,1-3H3. The quantitative estimate of drug-likeness (QED) is 0.753. The second-order valence-corrected chi connectivity index (χ2v) is 5.21. The van der Waals surface area contributed by atoms with Crippen LogP contribution in [0.5, 0.6) is 11.5 Å². The van der Waals surface area contributed by atoms with Crippen molar-refractivity contribution in [3.63, 3.8) is 0 Å². The van der Waals surface area contributed by atoms with E-state index in [4.69, 9.17) is 21.1 Å². The van der Waals surface area contributed by atoms with Crippen LogP contribution < -0.4 is 9.47 Å². The molecule has 0 fully saturated rings. The van der Waals surface area contributed by atoms with Gasteiger partial charge < -0.3 is 9.47 Å². The average molecular weight is 291 g/mol. The lowest BCUT2D eigenvalue weighted by molar-refractivity contribution is 0.351. The number of aryl methyl sites for hydroxylation is 1. The van der Waals surface area contributed by atoms with Crippen LogP contribution in [0, 0.1) is 6.92 Å². The summed E-state index contributed by atoms with van der Waals surface area (Å²) >= 11 is 6.59. The molecule has 0 aliphatic rings. The zero-order valence-corrected chi connectivity index (χ0v) is 12.8. The summed E-state index contributed by atoms with van der Waals surface area (Å²) in [6, 6.07) is 14.1. The molecule has 0 aromatic heterocycles. The monoisotopic (exact) mass is 290 g/mol. The summed E-state index contributed by atoms with van der Waals surface area (Å²) in [5.41, 5.74) is 3.45. The highest BCUT2D eigenvalue weighted by Gasteiger charge is 2.18. The Hall–Kier alpha value is -1.67. The van der Waals surface area contributed by atoms with Crippen molar-refractivity contribution in [2.75, 3.05) is 14.2 Å². The summed E-state index contributed by atoms with van der Waals surface area (Å²) in [4.78, 5) is 0. The molecule has 0 aliphatic carbocycles. The van der Waals surface area contributed by atoms with Crippen LogP contribution >= 0.6 is 11.6 Å². The van der Waals surface area contributed by atoms with Crippen LogP contribution in [0.2, 0.25) is 0 Å². The van der Waals surface area contributed by atoms with Gasteiger partial charge in [0, 0.05) is 5.56 Å². The van der Waals surface area contributed by atoms with Gasteiger partial charge in [-0.2, -0.15) is 0 Å². The minimum atomic E-state index is -0.152. The maximum absolute atomic E-state index is 6.59. The second kappa shape index (κ2) is 6.67. The summed E-state index contributed by atoms with van der Waals surface area (Å²) < 4.78 is 10.8. The maximum Gasteiger partial charge on any atom is 0.165 e. The largest absolute Gasteiger partial charge is 0.493 e. The topological polar surface area (TPSA) is 18.5 Å². The predicted molar refractivity (Wildman–Crippen MR) is 83.0 cm³/mol. The number of hydrogen-bond donors (Lipinski definition) is 0. The third-order valence-electron chi connectivity index (χ3n) is 3.43. The van der Waals surface area contributed by atoms with Gasteiger partial charge in [0.05, 0.1) is 19.6 Å². The molecule has 0 heterocycles. The van der Waals surface area contributed by atoms with E-state index in [9.17, 15) is 0 Å². The highest BCUT2D eigenvalue weighted by molar-refractivity contribution is 6.21. The molecule has 2 rings (SSSR count). The molecule has 2 aromatic rings. The molecule has 0 bridgehead atoms. The number of alkyl halides is 1. The first-order chi connectivity index (χ1) is 9.67. The molecule has 106 valence electrons. The zero-order valence-electron chi connectivity index (χ0n) is 12.0. The Balaban J connectivity index is 2.30. The summed E-state index contributed by atoms with van der Waals surface area (Å²) in [6.45, 7) is 2.10. The van der Waals surface area contributed by atoms with E-state index in [1.165, 1.54) is 11.1 Å². The fourth-order valence-corrected chi connectivity index (χ4v) is 2.64. The van der Waals surface area contributed by atoms with E-state index in [-0.39, 0.29) is 5.38 Å². The molecule has 20 heavy (non-hydrogen) atoms. The van der Waals surface area contributed by atoms with E-state index in [2.05, 4.69) is 19.1 Å². The van der Waals surface area contributed by atoms with Crippen molar-refractivity contribution in [3.05, 3.63) is 59.2 Å². The van der Waals surface area contributed by atoms with Gasteiger partial charge in [-0.25, -0.2) is 0 Å². The summed E-state index contributed by atoms with van der Waals surface area (Å²) in [5, 5.41) is -0.152. The van der Waals surface area contributed by atoms with Gasteiger partial charge in [0.1, 0.15) is 0 Å². The lowest BCUT2D eigenvalue weighted by Gasteiger charge is -2.17. The molecule has 1 atom stereocenters. The normalized spacial score (nSPS) is 12.0. The van der Waals surface area contributed by atoms with Crippen molar-refractivity contribution >= 4 is 11.6 Å². The number of hydrogen-bond acceptors (Lipinski definition) is 2. The van der Waals surface area contributed by atoms with Crippen LogP contribution in [0.4, 0.5) is 0 Å². The third-order valence-corrected chi connectivity index (χ3v) is 3.82. The van der Waals surface area contributed by atoms with Crippen LogP contribution in [0.3, 0.4) is 0 Å². The summed E-state index contributed by atoms with van der Waals surface area (Å²) in [6.07, 6.45) is 0.762. The number of rotatable bonds is 5. The van der Waals surface area contributed by atoms with Crippen molar-refractivity contribution in [2.45, 2.75) is 18.7 Å². The molecule has 2 aromatic carbocycles. The zero-order chi connectivity index (χ0) is 14.5. The van der Waals surface area contributed by atoms with Crippen LogP contribution in [-0.4, -0.2) is 14.2 Å². The van der Waals surface area contributed by atoms with E-state index >= 15 is 0 Å². The van der Waals surface area contributed by atoms with Crippen LogP contribution in [0.15, 0.2) is 42.5 Å². The van der Waals surface area contributed by atoms with E-state index in [0.29, 0.717) is 11.5 Å². The van der Waals surface area contributed by atoms with Crippen LogP contribution in [0.25, 0.3) is 0 Å². The molecule has 0 saturated heterocycles. The molecule has 0 amide bonds. The Morgan fingerprint density at radius 3 is 2.40 bits per heavy atom. The Morgan fingerprint density at radius 1 is 1.00 bits per heavy atom. The van der Waals surface area contributed by atoms with Crippen LogP contribution in [-0.2, 0) is 6.42 Å². The lowest BCUT2D eigenvalue weighted by Crippen LogP contribution is -2.02. The molecule has 2 nitrogen and oxygen atoms in total. The van der Waals surface area contributed by atoms with Gasteiger partial charge in [-0.15, -0.1) is 11.6 Å². The van der Waals surface area contributed by atoms with Crippen molar-refractivity contribution in [3.8, 4) is 11.5 Å². The Labute approximate surface area is 125 Å². The van der Waals surface area contributed by atoms with E-state index in [1.54, 1.807) is 14.2 Å². The number of halogens is 1. The summed E-state index contributed by atoms with van der Waals surface area (Å²) in [5.74, 6) is 1.42. The molecule has 1 unspecified atom stereocenters. The number of methoxy groups -OCH3 is 2. The SMILES string of the molecule is COc1cccc(C(Cl)Cc2ccccc2C)c1OC. The maximum atomic E-state index is 6.59. The fraction of sp³-hybridized carbons (Fsp3) is 0.294. The van der Waals surface area contributed by atoms with Crippen LogP contribution in [0.1, 0.15) is 22.1 Å².